The molecule has 0 spiro atoms. The van der Waals surface area contributed by atoms with Gasteiger partial charge in [0.2, 0.25) is 6.41 Å². The van der Waals surface area contributed by atoms with Crippen LogP contribution in [0.3, 0.4) is 0 Å². The summed E-state index contributed by atoms with van der Waals surface area (Å²) in [4.78, 5) is 1.14. The van der Waals surface area contributed by atoms with E-state index < -0.39 is 16.5 Å². The van der Waals surface area contributed by atoms with Crippen LogP contribution in [0.1, 0.15) is 6.42 Å². The molecule has 0 aliphatic rings. The van der Waals surface area contributed by atoms with Crippen LogP contribution in [0.2, 0.25) is 0 Å². The third-order valence-electron chi connectivity index (χ3n) is 1.31. The Labute approximate surface area is 71.2 Å². The van der Waals surface area contributed by atoms with E-state index in [1.54, 1.807) is 0 Å². The van der Waals surface area contributed by atoms with Gasteiger partial charge in [0.1, 0.15) is 0 Å². The van der Waals surface area contributed by atoms with Crippen LogP contribution >= 0.6 is 0 Å². The van der Waals surface area contributed by atoms with E-state index in [1.165, 1.54) is 7.05 Å². The Kier molecular flexibility index (Phi) is 4.64. The lowest BCUT2D eigenvalue weighted by Crippen LogP contribution is -2.32. The molecule has 0 rings (SSSR count). The third-order valence-corrected chi connectivity index (χ3v) is 2.11. The standard InChI is InChI=1S/C5H13NO5S/c1-6(5(7)8)3-2-4-12(9,10)11/h5,7-8H,2-4H2,1H3,(H,9,10,11). The second kappa shape index (κ2) is 4.73. The summed E-state index contributed by atoms with van der Waals surface area (Å²) in [5.74, 6) is -0.371. The minimum absolute atomic E-state index is 0.160. The Morgan fingerprint density at radius 3 is 2.25 bits per heavy atom. The summed E-state index contributed by atoms with van der Waals surface area (Å²) in [5, 5.41) is 17.0. The predicted octanol–water partition coefficient (Wildman–Crippen LogP) is -1.54. The Morgan fingerprint density at radius 2 is 1.92 bits per heavy atom. The van der Waals surface area contributed by atoms with Crippen molar-refractivity contribution in [3.63, 3.8) is 0 Å². The van der Waals surface area contributed by atoms with Crippen molar-refractivity contribution in [1.82, 2.24) is 4.90 Å². The van der Waals surface area contributed by atoms with E-state index in [-0.39, 0.29) is 18.7 Å². The number of hydrogen-bond donors (Lipinski definition) is 3. The van der Waals surface area contributed by atoms with E-state index in [2.05, 4.69) is 0 Å². The van der Waals surface area contributed by atoms with Crippen molar-refractivity contribution in [1.29, 1.82) is 0 Å². The molecular formula is C5H13NO5S. The van der Waals surface area contributed by atoms with Crippen LogP contribution in [0.4, 0.5) is 0 Å². The second-order valence-corrected chi connectivity index (χ2v) is 4.04. The summed E-state index contributed by atoms with van der Waals surface area (Å²) in [6, 6.07) is 0. The van der Waals surface area contributed by atoms with Gasteiger partial charge in [-0.15, -0.1) is 0 Å². The lowest BCUT2D eigenvalue weighted by molar-refractivity contribution is -0.144. The lowest BCUT2D eigenvalue weighted by atomic mass is 10.4. The van der Waals surface area contributed by atoms with Gasteiger partial charge in [-0.1, -0.05) is 0 Å². The molecule has 0 unspecified atom stereocenters. The van der Waals surface area contributed by atoms with Crippen LogP contribution < -0.4 is 0 Å². The first kappa shape index (κ1) is 11.8. The van der Waals surface area contributed by atoms with Crippen LogP contribution in [0.5, 0.6) is 0 Å². The smallest absolute Gasteiger partial charge is 0.264 e. The SMILES string of the molecule is CN(CCCS(=O)(=O)O)C(O)O. The molecule has 74 valence electrons. The Hall–Kier alpha value is -0.210. The zero-order valence-electron chi connectivity index (χ0n) is 6.71. The summed E-state index contributed by atoms with van der Waals surface area (Å²) in [7, 11) is -2.51. The van der Waals surface area contributed by atoms with E-state index in [0.717, 1.165) is 4.90 Å². The van der Waals surface area contributed by atoms with Gasteiger partial charge in [-0.25, -0.2) is 0 Å². The first-order chi connectivity index (χ1) is 5.33. The van der Waals surface area contributed by atoms with E-state index in [0.29, 0.717) is 0 Å². The molecule has 0 atom stereocenters. The van der Waals surface area contributed by atoms with Crippen molar-refractivity contribution in [3.05, 3.63) is 0 Å². The summed E-state index contributed by atoms with van der Waals surface area (Å²) in [5.41, 5.74) is 0. The maximum atomic E-state index is 10.2. The van der Waals surface area contributed by atoms with Gasteiger partial charge in [0.05, 0.1) is 5.75 Å². The molecule has 0 fully saturated rings. The van der Waals surface area contributed by atoms with Crippen LogP contribution in [-0.4, -0.2) is 53.8 Å². The number of rotatable bonds is 5. The number of aliphatic hydroxyl groups is 2. The fourth-order valence-corrected chi connectivity index (χ4v) is 1.11. The van der Waals surface area contributed by atoms with E-state index >= 15 is 0 Å². The maximum Gasteiger partial charge on any atom is 0.264 e. The molecule has 0 radical (unpaired) electrons. The molecule has 0 aromatic carbocycles. The number of hydrogen-bond acceptors (Lipinski definition) is 5. The quantitative estimate of drug-likeness (QED) is 0.367. The van der Waals surface area contributed by atoms with E-state index in [9.17, 15) is 8.42 Å². The van der Waals surface area contributed by atoms with Crippen molar-refractivity contribution in [2.45, 2.75) is 12.8 Å². The van der Waals surface area contributed by atoms with Crippen LogP contribution in [0, 0.1) is 0 Å². The molecule has 0 aromatic heterocycles. The van der Waals surface area contributed by atoms with Gasteiger partial charge in [0.15, 0.2) is 0 Å². The first-order valence-electron chi connectivity index (χ1n) is 3.34. The maximum absolute atomic E-state index is 10.2. The first-order valence-corrected chi connectivity index (χ1v) is 4.95. The number of aliphatic hydroxyl groups excluding tert-OH is 1. The molecule has 3 N–H and O–H groups in total. The molecule has 0 amide bonds. The van der Waals surface area contributed by atoms with Crippen molar-refractivity contribution < 1.29 is 23.2 Å². The molecule has 0 heterocycles. The molecule has 0 aromatic rings. The Morgan fingerprint density at radius 1 is 1.42 bits per heavy atom. The average Bonchev–Trinajstić information content (AvgIpc) is 1.84. The molecule has 0 bridgehead atoms. The van der Waals surface area contributed by atoms with Crippen molar-refractivity contribution >= 4 is 10.1 Å². The van der Waals surface area contributed by atoms with Gasteiger partial charge >= 0.3 is 0 Å². The Balaban J connectivity index is 3.58. The minimum atomic E-state index is -3.94. The predicted molar refractivity (Wildman–Crippen MR) is 41.9 cm³/mol. The summed E-state index contributed by atoms with van der Waals surface area (Å²) < 4.78 is 28.7. The van der Waals surface area contributed by atoms with Crippen LogP contribution in [0.25, 0.3) is 0 Å². The highest BCUT2D eigenvalue weighted by atomic mass is 32.2. The summed E-state index contributed by atoms with van der Waals surface area (Å²) in [6.45, 7) is 0.192. The average molecular weight is 199 g/mol. The lowest BCUT2D eigenvalue weighted by Gasteiger charge is -2.17. The Bertz CT molecular complexity index is 212. The van der Waals surface area contributed by atoms with Gasteiger partial charge in [-0.05, 0) is 13.5 Å². The molecule has 7 heteroatoms. The van der Waals surface area contributed by atoms with Crippen LogP contribution in [0.15, 0.2) is 0 Å². The molecule has 0 saturated carbocycles. The highest BCUT2D eigenvalue weighted by Crippen LogP contribution is 1.93. The van der Waals surface area contributed by atoms with E-state index in [1.807, 2.05) is 0 Å². The molecule has 0 aliphatic heterocycles. The van der Waals surface area contributed by atoms with Gasteiger partial charge in [-0.2, -0.15) is 8.42 Å². The highest BCUT2D eigenvalue weighted by molar-refractivity contribution is 7.85. The topological polar surface area (TPSA) is 98.1 Å². The second-order valence-electron chi connectivity index (χ2n) is 2.47. The molecular weight excluding hydrogens is 186 g/mol. The summed E-state index contributed by atoms with van der Waals surface area (Å²) >= 11 is 0. The summed E-state index contributed by atoms with van der Waals surface area (Å²) in [6.07, 6.45) is -1.43. The number of nitrogens with zero attached hydrogens (tertiary/aromatic N) is 1. The molecule has 0 aliphatic carbocycles. The fourth-order valence-electron chi connectivity index (χ4n) is 0.612. The molecule has 6 nitrogen and oxygen atoms in total. The van der Waals surface area contributed by atoms with E-state index in [4.69, 9.17) is 14.8 Å². The highest BCUT2D eigenvalue weighted by Gasteiger charge is 2.08. The minimum Gasteiger partial charge on any atom is -0.356 e. The van der Waals surface area contributed by atoms with Crippen molar-refractivity contribution in [3.8, 4) is 0 Å². The van der Waals surface area contributed by atoms with Gasteiger partial charge in [-0.3, -0.25) is 9.45 Å². The molecule has 12 heavy (non-hydrogen) atoms. The van der Waals surface area contributed by atoms with Gasteiger partial charge < -0.3 is 10.2 Å². The third kappa shape index (κ3) is 6.50. The van der Waals surface area contributed by atoms with Gasteiger partial charge in [0.25, 0.3) is 10.1 Å². The monoisotopic (exact) mass is 199 g/mol. The fraction of sp³-hybridized carbons (Fsp3) is 1.00. The van der Waals surface area contributed by atoms with Crippen molar-refractivity contribution in [2.75, 3.05) is 19.3 Å². The zero-order chi connectivity index (χ0) is 9.78. The normalized spacial score (nSPS) is 12.8. The zero-order valence-corrected chi connectivity index (χ0v) is 7.53. The van der Waals surface area contributed by atoms with Crippen molar-refractivity contribution in [2.24, 2.45) is 0 Å². The molecule has 0 saturated heterocycles. The van der Waals surface area contributed by atoms with Crippen LogP contribution in [-0.2, 0) is 10.1 Å². The van der Waals surface area contributed by atoms with Gasteiger partial charge in [0, 0.05) is 6.54 Å². The largest absolute Gasteiger partial charge is 0.356 e.